The molecular weight excluding hydrogens is 772 g/mol. The van der Waals surface area contributed by atoms with E-state index in [-0.39, 0.29) is 107 Å². The molecule has 0 spiro atoms. The molecule has 2 aromatic rings. The molecule has 0 aromatic heterocycles. The number of carbonyl (C=O) groups is 1. The van der Waals surface area contributed by atoms with Crippen molar-refractivity contribution >= 4 is 5.91 Å². The summed E-state index contributed by atoms with van der Waals surface area (Å²) in [6, 6.07) is 16.7. The summed E-state index contributed by atoms with van der Waals surface area (Å²) >= 11 is 0. The fourth-order valence-electron chi connectivity index (χ4n) is 3.09. The first-order valence-electron chi connectivity index (χ1n) is 8.35. The van der Waals surface area contributed by atoms with Crippen molar-refractivity contribution < 1.29 is 108 Å². The van der Waals surface area contributed by atoms with Crippen molar-refractivity contribution in [3.8, 4) is 5.75 Å². The molecule has 7 heteroatoms. The average Bonchev–Trinajstić information content (AvgIpc) is 2.67. The maximum absolute atomic E-state index is 12.6. The van der Waals surface area contributed by atoms with Crippen molar-refractivity contribution in [3.05, 3.63) is 65.7 Å². The Balaban J connectivity index is 0.00000338. The number of amides is 1. The molecule has 2 aromatic carbocycles. The Morgan fingerprint density at radius 1 is 0.963 bits per heavy atom. The topological polar surface area (TPSA) is 78.8 Å². The van der Waals surface area contributed by atoms with Crippen LogP contribution in [0.2, 0.25) is 0 Å². The molecule has 2 radical (unpaired) electrons. The normalized spacial score (nSPS) is 10.3. The molecule has 0 bridgehead atoms. The van der Waals surface area contributed by atoms with Crippen molar-refractivity contribution in [2.75, 3.05) is 26.9 Å². The second-order valence-electron chi connectivity index (χ2n) is 5.98. The number of hydrogen-bond donors (Lipinski definition) is 3. The first-order valence-corrected chi connectivity index (χ1v) is 8.35. The average molecular weight is 797 g/mol. The molecule has 0 saturated carbocycles. The standard InChI is InChI=1S/C20H25NO4.2Ac/c1-25-18-10-6-5-9-17(18)19(24)21-15-20(11-13-22,12-14-23)16-7-3-2-4-8-16;;/h2-10,22-23H,11-15H2,1H3,(H,21,24);;. The Hall–Kier alpha value is 0.513. The fourth-order valence-corrected chi connectivity index (χ4v) is 3.09. The molecule has 0 saturated heterocycles. The van der Waals surface area contributed by atoms with Crippen LogP contribution in [-0.4, -0.2) is 43.0 Å². The minimum atomic E-state index is -0.525. The smallest absolute Gasteiger partial charge is 0.255 e. The third-order valence-electron chi connectivity index (χ3n) is 4.51. The molecule has 3 N–H and O–H groups in total. The molecule has 0 atom stereocenters. The third kappa shape index (κ3) is 7.69. The summed E-state index contributed by atoms with van der Waals surface area (Å²) in [5, 5.41) is 22.0. The van der Waals surface area contributed by atoms with Crippen LogP contribution >= 0.6 is 0 Å². The molecule has 140 valence electrons. The molecule has 1 amide bonds. The summed E-state index contributed by atoms with van der Waals surface area (Å²) in [6.07, 6.45) is 0.896. The summed E-state index contributed by atoms with van der Waals surface area (Å²) in [5.74, 6) is 0.267. The minimum Gasteiger partial charge on any atom is -0.496 e. The van der Waals surface area contributed by atoms with Gasteiger partial charge in [-0.05, 0) is 30.5 Å². The van der Waals surface area contributed by atoms with Crippen LogP contribution in [-0.2, 0) is 5.41 Å². The number of aliphatic hydroxyl groups excluding tert-OH is 2. The van der Waals surface area contributed by atoms with Gasteiger partial charge >= 0.3 is 0 Å². The number of carbonyl (C=O) groups excluding carboxylic acids is 1. The third-order valence-corrected chi connectivity index (χ3v) is 4.51. The van der Waals surface area contributed by atoms with Gasteiger partial charge in [0.15, 0.2) is 0 Å². The van der Waals surface area contributed by atoms with E-state index in [1.165, 1.54) is 7.11 Å². The van der Waals surface area contributed by atoms with Gasteiger partial charge in [0.05, 0.1) is 12.7 Å². The van der Waals surface area contributed by atoms with Crippen LogP contribution in [0.15, 0.2) is 54.6 Å². The van der Waals surface area contributed by atoms with E-state index in [1.54, 1.807) is 24.3 Å². The molecular formula is C20H25Ac2NO4. The predicted octanol–water partition coefficient (Wildman–Crippen LogP) is 2.13. The fraction of sp³-hybridized carbons (Fsp3) is 0.350. The van der Waals surface area contributed by atoms with E-state index in [9.17, 15) is 15.0 Å². The molecule has 0 aliphatic rings. The van der Waals surface area contributed by atoms with E-state index in [1.807, 2.05) is 30.3 Å². The van der Waals surface area contributed by atoms with Crippen molar-refractivity contribution in [2.45, 2.75) is 18.3 Å². The van der Waals surface area contributed by atoms with Crippen molar-refractivity contribution in [3.63, 3.8) is 0 Å². The van der Waals surface area contributed by atoms with Crippen LogP contribution in [0.25, 0.3) is 0 Å². The number of hydrogen-bond acceptors (Lipinski definition) is 4. The molecule has 27 heavy (non-hydrogen) atoms. The Labute approximate surface area is 232 Å². The van der Waals surface area contributed by atoms with Crippen LogP contribution in [0.5, 0.6) is 5.75 Å². The van der Waals surface area contributed by atoms with Gasteiger partial charge in [-0.3, -0.25) is 4.79 Å². The molecule has 0 fully saturated rings. The number of benzene rings is 2. The van der Waals surface area contributed by atoms with Gasteiger partial charge < -0.3 is 20.3 Å². The van der Waals surface area contributed by atoms with E-state index < -0.39 is 5.41 Å². The van der Waals surface area contributed by atoms with E-state index >= 15 is 0 Å². The monoisotopic (exact) mass is 797 g/mol. The van der Waals surface area contributed by atoms with Crippen molar-refractivity contribution in [1.82, 2.24) is 5.32 Å². The van der Waals surface area contributed by atoms with Crippen molar-refractivity contribution in [2.24, 2.45) is 0 Å². The summed E-state index contributed by atoms with van der Waals surface area (Å²) in [4.78, 5) is 12.6. The number of para-hydroxylation sites is 1. The van der Waals surface area contributed by atoms with E-state index in [0.717, 1.165) is 5.56 Å². The van der Waals surface area contributed by atoms with Gasteiger partial charge in [-0.1, -0.05) is 42.5 Å². The number of ether oxygens (including phenoxy) is 1. The number of rotatable bonds is 9. The zero-order valence-corrected chi connectivity index (χ0v) is 25.1. The molecule has 0 heterocycles. The Morgan fingerprint density at radius 3 is 2.07 bits per heavy atom. The second kappa shape index (κ2) is 14.5. The Kier molecular flexibility index (Phi) is 14.8. The zero-order chi connectivity index (χ0) is 18.1. The molecule has 0 aliphatic heterocycles. The largest absolute Gasteiger partial charge is 0.496 e. The van der Waals surface area contributed by atoms with E-state index in [4.69, 9.17) is 4.74 Å². The Morgan fingerprint density at radius 2 is 1.52 bits per heavy atom. The van der Waals surface area contributed by atoms with Gasteiger partial charge in [0.25, 0.3) is 5.91 Å². The van der Waals surface area contributed by atoms with E-state index in [0.29, 0.717) is 30.7 Å². The number of methoxy groups -OCH3 is 1. The number of nitrogens with one attached hydrogen (secondary N) is 1. The molecule has 0 aliphatic carbocycles. The minimum absolute atomic E-state index is 0. The first-order chi connectivity index (χ1) is 12.2. The van der Waals surface area contributed by atoms with Gasteiger partial charge in [0.1, 0.15) is 5.75 Å². The predicted molar refractivity (Wildman–Crippen MR) is 96.9 cm³/mol. The summed E-state index contributed by atoms with van der Waals surface area (Å²) in [6.45, 7) is 0.258. The van der Waals surface area contributed by atoms with Crippen LogP contribution in [0.3, 0.4) is 0 Å². The van der Waals surface area contributed by atoms with Gasteiger partial charge in [0.2, 0.25) is 0 Å². The van der Waals surface area contributed by atoms with Crippen molar-refractivity contribution in [1.29, 1.82) is 0 Å². The van der Waals surface area contributed by atoms with E-state index in [2.05, 4.69) is 5.32 Å². The summed E-state index contributed by atoms with van der Waals surface area (Å²) < 4.78 is 5.24. The number of aliphatic hydroxyl groups is 2. The molecule has 5 nitrogen and oxygen atoms in total. The van der Waals surface area contributed by atoms with Gasteiger partial charge in [-0.2, -0.15) is 0 Å². The van der Waals surface area contributed by atoms with Crippen LogP contribution in [0.1, 0.15) is 28.8 Å². The maximum atomic E-state index is 12.6. The maximum Gasteiger partial charge on any atom is 0.255 e. The van der Waals surface area contributed by atoms with Gasteiger partial charge in [0, 0.05) is 113 Å². The zero-order valence-electron chi connectivity index (χ0n) is 15.6. The molecule has 0 unspecified atom stereocenters. The summed E-state index contributed by atoms with van der Waals surface area (Å²) in [7, 11) is 1.53. The SMILES string of the molecule is COc1ccccc1C(=O)NCC(CCO)(CCO)c1ccccc1.[Ac].[Ac]. The van der Waals surface area contributed by atoms with Crippen LogP contribution < -0.4 is 10.1 Å². The van der Waals surface area contributed by atoms with Gasteiger partial charge in [-0.15, -0.1) is 0 Å². The summed E-state index contributed by atoms with van der Waals surface area (Å²) in [5.41, 5.74) is 0.918. The Bertz CT molecular complexity index is 677. The molecule has 2 rings (SSSR count). The first kappa shape index (κ1) is 27.5. The quantitative estimate of drug-likeness (QED) is 0.364. The van der Waals surface area contributed by atoms with Gasteiger partial charge in [-0.25, -0.2) is 0 Å². The van der Waals surface area contributed by atoms with Crippen LogP contribution in [0.4, 0.5) is 0 Å². The second-order valence-corrected chi connectivity index (χ2v) is 5.98. The van der Waals surface area contributed by atoms with Crippen LogP contribution in [0, 0.1) is 88.1 Å².